The molecule has 0 atom stereocenters. The normalized spacial score (nSPS) is 11.0. The Morgan fingerprint density at radius 1 is 1.32 bits per heavy atom. The Bertz CT molecular complexity index is 871. The monoisotopic (exact) mass is 430 g/mol. The molecule has 2 aromatic heterocycles. The molecule has 1 N–H and O–H groups in total. The lowest BCUT2D eigenvalue weighted by Crippen LogP contribution is -2.23. The van der Waals surface area contributed by atoms with E-state index in [0.29, 0.717) is 16.5 Å². The quantitative estimate of drug-likeness (QED) is 0.381. The Labute approximate surface area is 142 Å². The van der Waals surface area contributed by atoms with Gasteiger partial charge < -0.3 is 5.21 Å². The summed E-state index contributed by atoms with van der Waals surface area (Å²) >= 11 is 3.68. The first-order valence-corrected chi connectivity index (χ1v) is 8.27. The van der Waals surface area contributed by atoms with Crippen LogP contribution in [0.2, 0.25) is 0 Å². The minimum atomic E-state index is -0.298. The zero-order chi connectivity index (χ0) is 15.7. The van der Waals surface area contributed by atoms with E-state index in [4.69, 9.17) is 0 Å². The molecule has 0 aliphatic carbocycles. The molecule has 0 fully saturated rings. The molecule has 2 heterocycles. The number of nitrogens with zero attached hydrogens (tertiary/aromatic N) is 6. The van der Waals surface area contributed by atoms with E-state index in [-0.39, 0.29) is 5.69 Å². The molecule has 3 rings (SSSR count). The van der Waals surface area contributed by atoms with Crippen LogP contribution >= 0.6 is 34.4 Å². The first kappa shape index (κ1) is 15.1. The van der Waals surface area contributed by atoms with E-state index in [2.05, 4.69) is 38.1 Å². The second-order valence-corrected chi connectivity index (χ2v) is 6.56. The molecule has 22 heavy (non-hydrogen) atoms. The largest absolute Gasteiger partial charge is 0.412 e. The van der Waals surface area contributed by atoms with E-state index >= 15 is 0 Å². The number of thioether (sulfide) groups is 1. The van der Waals surface area contributed by atoms with Crippen LogP contribution in [0.25, 0.3) is 5.69 Å². The Morgan fingerprint density at radius 2 is 2.14 bits per heavy atom. The topological polar surface area (TPSA) is 90.8 Å². The molecule has 3 aromatic rings. The summed E-state index contributed by atoms with van der Waals surface area (Å²) in [7, 11) is 1.56. The summed E-state index contributed by atoms with van der Waals surface area (Å²) in [4.78, 5) is 12.8. The van der Waals surface area contributed by atoms with Crippen molar-refractivity contribution in [1.82, 2.24) is 29.7 Å². The van der Waals surface area contributed by atoms with Crippen molar-refractivity contribution in [2.45, 2.75) is 10.8 Å². The number of benzene rings is 1. The van der Waals surface area contributed by atoms with Crippen LogP contribution in [0, 0.1) is 3.57 Å². The van der Waals surface area contributed by atoms with E-state index in [1.165, 1.54) is 27.3 Å². The van der Waals surface area contributed by atoms with Gasteiger partial charge in [0.15, 0.2) is 0 Å². The van der Waals surface area contributed by atoms with Crippen molar-refractivity contribution >= 4 is 34.4 Å². The van der Waals surface area contributed by atoms with Crippen LogP contribution < -0.4 is 5.69 Å². The SMILES string of the molecule is Cn1nnn(-c2cccc(I)c2CSc2ccn(O)n2)c1=O. The number of aromatic nitrogens is 6. The van der Waals surface area contributed by atoms with Gasteiger partial charge in [-0.1, -0.05) is 17.8 Å². The van der Waals surface area contributed by atoms with Crippen molar-refractivity contribution in [3.8, 4) is 5.69 Å². The van der Waals surface area contributed by atoms with Crippen LogP contribution in [0.5, 0.6) is 0 Å². The summed E-state index contributed by atoms with van der Waals surface area (Å²) < 4.78 is 3.48. The third-order valence-electron chi connectivity index (χ3n) is 2.96. The van der Waals surface area contributed by atoms with E-state index in [9.17, 15) is 10.0 Å². The maximum atomic E-state index is 12.1. The third-order valence-corrected chi connectivity index (χ3v) is 4.92. The minimum Gasteiger partial charge on any atom is -0.412 e. The van der Waals surface area contributed by atoms with Crippen molar-refractivity contribution in [2.24, 2.45) is 7.05 Å². The van der Waals surface area contributed by atoms with Crippen molar-refractivity contribution in [1.29, 1.82) is 0 Å². The van der Waals surface area contributed by atoms with Crippen molar-refractivity contribution in [2.75, 3.05) is 0 Å². The van der Waals surface area contributed by atoms with Gasteiger partial charge >= 0.3 is 5.69 Å². The number of tetrazole rings is 1. The van der Waals surface area contributed by atoms with Crippen LogP contribution in [0.3, 0.4) is 0 Å². The van der Waals surface area contributed by atoms with Gasteiger partial charge in [0.2, 0.25) is 0 Å². The molecule has 0 aliphatic heterocycles. The van der Waals surface area contributed by atoms with E-state index in [1.807, 2.05) is 18.2 Å². The lowest BCUT2D eigenvalue weighted by molar-refractivity contribution is 0.145. The molecule has 1 aromatic carbocycles. The van der Waals surface area contributed by atoms with Gasteiger partial charge in [-0.3, -0.25) is 0 Å². The molecular weight excluding hydrogens is 419 g/mol. The van der Waals surface area contributed by atoms with Gasteiger partial charge in [0.25, 0.3) is 0 Å². The van der Waals surface area contributed by atoms with Gasteiger partial charge in [0, 0.05) is 21.9 Å². The third kappa shape index (κ3) is 2.88. The average molecular weight is 430 g/mol. The second kappa shape index (κ2) is 6.12. The number of hydrogen-bond acceptors (Lipinski definition) is 6. The lowest BCUT2D eigenvalue weighted by atomic mass is 10.2. The van der Waals surface area contributed by atoms with Gasteiger partial charge in [0.05, 0.1) is 11.9 Å². The molecule has 10 heteroatoms. The fourth-order valence-corrected chi connectivity index (χ4v) is 3.70. The highest BCUT2D eigenvalue weighted by Crippen LogP contribution is 2.27. The zero-order valence-corrected chi connectivity index (χ0v) is 14.4. The smallest absolute Gasteiger partial charge is 0.368 e. The summed E-state index contributed by atoms with van der Waals surface area (Å²) in [5, 5.41) is 21.4. The predicted molar refractivity (Wildman–Crippen MR) is 88.3 cm³/mol. The fraction of sp³-hybridized carbons (Fsp3) is 0.167. The number of rotatable bonds is 4. The molecule has 0 spiro atoms. The molecule has 0 radical (unpaired) electrons. The molecule has 8 nitrogen and oxygen atoms in total. The predicted octanol–water partition coefficient (Wildman–Crippen LogP) is 1.30. The average Bonchev–Trinajstić information content (AvgIpc) is 3.05. The van der Waals surface area contributed by atoms with Gasteiger partial charge in [-0.2, -0.15) is 9.36 Å². The van der Waals surface area contributed by atoms with Gasteiger partial charge in [-0.05, 0) is 51.2 Å². The standard InChI is InChI=1S/C12H11IN6O2S/c1-17-12(20)19(16-15-17)10-4-2-3-9(13)8(10)7-22-11-5-6-18(21)14-11/h2-6,21H,7H2,1H3. The Kier molecular flexibility index (Phi) is 4.20. The lowest BCUT2D eigenvalue weighted by Gasteiger charge is -2.09. The second-order valence-electron chi connectivity index (χ2n) is 4.40. The van der Waals surface area contributed by atoms with Crippen LogP contribution in [0.15, 0.2) is 40.3 Å². The number of halogens is 1. The maximum absolute atomic E-state index is 12.1. The molecule has 0 amide bonds. The summed E-state index contributed by atoms with van der Waals surface area (Å²) in [6.45, 7) is 0. The van der Waals surface area contributed by atoms with Crippen molar-refractivity contribution < 1.29 is 5.21 Å². The number of hydrogen-bond donors (Lipinski definition) is 1. The van der Waals surface area contributed by atoms with Crippen LogP contribution in [-0.4, -0.2) is 34.9 Å². The van der Waals surface area contributed by atoms with Crippen LogP contribution in [-0.2, 0) is 12.8 Å². The van der Waals surface area contributed by atoms with Crippen molar-refractivity contribution in [3.63, 3.8) is 0 Å². The zero-order valence-electron chi connectivity index (χ0n) is 11.4. The molecule has 0 saturated heterocycles. The highest BCUT2D eigenvalue weighted by Gasteiger charge is 2.14. The molecule has 0 unspecified atom stereocenters. The molecule has 0 saturated carbocycles. The first-order valence-electron chi connectivity index (χ1n) is 6.21. The fourth-order valence-electron chi connectivity index (χ4n) is 1.87. The molecule has 114 valence electrons. The van der Waals surface area contributed by atoms with E-state index in [0.717, 1.165) is 14.0 Å². The van der Waals surface area contributed by atoms with E-state index < -0.39 is 0 Å². The Hall–Kier alpha value is -1.82. The van der Waals surface area contributed by atoms with Crippen LogP contribution in [0.1, 0.15) is 5.56 Å². The minimum absolute atomic E-state index is 0.298. The summed E-state index contributed by atoms with van der Waals surface area (Å²) in [5.74, 6) is 0.592. The number of aryl methyl sites for hydroxylation is 1. The molecular formula is C12H11IN6O2S. The Morgan fingerprint density at radius 3 is 2.77 bits per heavy atom. The summed E-state index contributed by atoms with van der Waals surface area (Å²) in [5.41, 5.74) is 1.36. The first-order chi connectivity index (χ1) is 10.6. The van der Waals surface area contributed by atoms with Crippen molar-refractivity contribution in [3.05, 3.63) is 50.1 Å². The van der Waals surface area contributed by atoms with Crippen LogP contribution in [0.4, 0.5) is 0 Å². The molecule has 0 bridgehead atoms. The van der Waals surface area contributed by atoms with E-state index in [1.54, 1.807) is 13.1 Å². The Balaban J connectivity index is 1.96. The summed E-state index contributed by atoms with van der Waals surface area (Å²) in [6.07, 6.45) is 1.46. The molecule has 0 aliphatic rings. The highest BCUT2D eigenvalue weighted by atomic mass is 127. The van der Waals surface area contributed by atoms with Gasteiger partial charge in [0.1, 0.15) is 5.03 Å². The maximum Gasteiger partial charge on any atom is 0.368 e. The highest BCUT2D eigenvalue weighted by molar-refractivity contribution is 14.1. The van der Waals surface area contributed by atoms with Gasteiger partial charge in [-0.15, -0.1) is 9.94 Å². The summed E-state index contributed by atoms with van der Waals surface area (Å²) in [6, 6.07) is 7.38. The van der Waals surface area contributed by atoms with Gasteiger partial charge in [-0.25, -0.2) is 4.79 Å².